The topological polar surface area (TPSA) is 69.4 Å². The van der Waals surface area contributed by atoms with Crippen LogP contribution in [-0.4, -0.2) is 24.4 Å². The lowest BCUT2D eigenvalue weighted by molar-refractivity contribution is -0.142. The molecule has 0 bridgehead atoms. The maximum absolute atomic E-state index is 10.9. The molecule has 86 valence electrons. The van der Waals surface area contributed by atoms with Gasteiger partial charge in [0.1, 0.15) is 12.4 Å². The maximum atomic E-state index is 10.9. The Labute approximate surface area is 90.2 Å². The van der Waals surface area contributed by atoms with Crippen LogP contribution in [0.5, 0.6) is 0 Å². The second-order valence-corrected chi connectivity index (χ2v) is 4.51. The fourth-order valence-electron chi connectivity index (χ4n) is 1.80. The predicted molar refractivity (Wildman–Crippen MR) is 56.1 cm³/mol. The molecule has 1 aliphatic heterocycles. The van der Waals surface area contributed by atoms with E-state index in [2.05, 4.69) is 0 Å². The van der Waals surface area contributed by atoms with Gasteiger partial charge in [0, 0.05) is 18.4 Å². The molecule has 1 aliphatic rings. The maximum Gasteiger partial charge on any atom is 0.306 e. The number of carbonyl (C=O) groups is 2. The fraction of sp³-hybridized carbons (Fsp3) is 0.818. The van der Waals surface area contributed by atoms with Crippen molar-refractivity contribution < 1.29 is 14.3 Å². The standard InChI is InChI=1S/C11H19NO3/c1-7(2)8(6-13)5-9(12)10-3-4-11(14)15-10/h6-10H,3-5,12H2,1-2H3. The third-order valence-electron chi connectivity index (χ3n) is 2.97. The average Bonchev–Trinajstić information content (AvgIpc) is 2.60. The summed E-state index contributed by atoms with van der Waals surface area (Å²) in [6.45, 7) is 3.99. The third-order valence-corrected chi connectivity index (χ3v) is 2.97. The van der Waals surface area contributed by atoms with Gasteiger partial charge in [0.05, 0.1) is 0 Å². The molecule has 0 aromatic heterocycles. The zero-order valence-corrected chi connectivity index (χ0v) is 9.31. The largest absolute Gasteiger partial charge is 0.461 e. The number of hydrogen-bond acceptors (Lipinski definition) is 4. The van der Waals surface area contributed by atoms with E-state index in [1.54, 1.807) is 0 Å². The van der Waals surface area contributed by atoms with Crippen molar-refractivity contribution in [1.29, 1.82) is 0 Å². The number of esters is 1. The van der Waals surface area contributed by atoms with Crippen molar-refractivity contribution in [3.8, 4) is 0 Å². The van der Waals surface area contributed by atoms with E-state index in [1.807, 2.05) is 13.8 Å². The molecule has 3 atom stereocenters. The molecule has 3 unspecified atom stereocenters. The van der Waals surface area contributed by atoms with Gasteiger partial charge in [-0.05, 0) is 18.8 Å². The lowest BCUT2D eigenvalue weighted by atomic mass is 9.88. The fourth-order valence-corrected chi connectivity index (χ4v) is 1.80. The third kappa shape index (κ3) is 3.30. The van der Waals surface area contributed by atoms with Crippen molar-refractivity contribution in [3.63, 3.8) is 0 Å². The van der Waals surface area contributed by atoms with Gasteiger partial charge in [0.2, 0.25) is 0 Å². The van der Waals surface area contributed by atoms with E-state index in [0.29, 0.717) is 19.3 Å². The highest BCUT2D eigenvalue weighted by atomic mass is 16.5. The molecule has 15 heavy (non-hydrogen) atoms. The Morgan fingerprint density at radius 2 is 2.27 bits per heavy atom. The van der Waals surface area contributed by atoms with Crippen molar-refractivity contribution in [3.05, 3.63) is 0 Å². The summed E-state index contributed by atoms with van der Waals surface area (Å²) in [6.07, 6.45) is 2.48. The number of cyclic esters (lactones) is 1. The molecule has 0 aliphatic carbocycles. The minimum Gasteiger partial charge on any atom is -0.461 e. The minimum absolute atomic E-state index is 0.0423. The van der Waals surface area contributed by atoms with Gasteiger partial charge >= 0.3 is 5.97 Å². The second-order valence-electron chi connectivity index (χ2n) is 4.51. The van der Waals surface area contributed by atoms with E-state index in [4.69, 9.17) is 10.5 Å². The highest BCUT2D eigenvalue weighted by Gasteiger charge is 2.30. The Kier molecular flexibility index (Phi) is 4.27. The lowest BCUT2D eigenvalue weighted by Crippen LogP contribution is -2.37. The lowest BCUT2D eigenvalue weighted by Gasteiger charge is -2.22. The zero-order valence-electron chi connectivity index (χ0n) is 9.31. The highest BCUT2D eigenvalue weighted by molar-refractivity contribution is 5.71. The van der Waals surface area contributed by atoms with E-state index < -0.39 is 0 Å². The highest BCUT2D eigenvalue weighted by Crippen LogP contribution is 2.22. The molecule has 0 spiro atoms. The summed E-state index contributed by atoms with van der Waals surface area (Å²) in [6, 6.07) is -0.214. The van der Waals surface area contributed by atoms with Crippen LogP contribution >= 0.6 is 0 Å². The summed E-state index contributed by atoms with van der Waals surface area (Å²) in [7, 11) is 0. The van der Waals surface area contributed by atoms with Crippen molar-refractivity contribution in [2.24, 2.45) is 17.6 Å². The number of nitrogens with two attached hydrogens (primary N) is 1. The Hall–Kier alpha value is -0.900. The molecule has 0 aromatic rings. The molecular weight excluding hydrogens is 194 g/mol. The summed E-state index contributed by atoms with van der Waals surface area (Å²) < 4.78 is 5.07. The summed E-state index contributed by atoms with van der Waals surface area (Å²) in [4.78, 5) is 21.7. The van der Waals surface area contributed by atoms with Gasteiger partial charge in [-0.2, -0.15) is 0 Å². The van der Waals surface area contributed by atoms with Gasteiger partial charge in [-0.3, -0.25) is 4.79 Å². The molecule has 0 radical (unpaired) electrons. The van der Waals surface area contributed by atoms with E-state index in [9.17, 15) is 9.59 Å². The van der Waals surface area contributed by atoms with E-state index in [0.717, 1.165) is 6.29 Å². The Morgan fingerprint density at radius 1 is 1.60 bits per heavy atom. The van der Waals surface area contributed by atoms with E-state index in [1.165, 1.54) is 0 Å². The molecule has 1 saturated heterocycles. The number of carbonyl (C=O) groups excluding carboxylic acids is 2. The first-order valence-electron chi connectivity index (χ1n) is 5.45. The van der Waals surface area contributed by atoms with Gasteiger partial charge in [-0.25, -0.2) is 0 Å². The number of aldehydes is 1. The number of rotatable bonds is 5. The van der Waals surface area contributed by atoms with Crippen LogP contribution in [0.1, 0.15) is 33.1 Å². The molecule has 0 amide bonds. The SMILES string of the molecule is CC(C)C(C=O)CC(N)C1CCC(=O)O1. The first kappa shape index (κ1) is 12.2. The quantitative estimate of drug-likeness (QED) is 0.543. The Balaban J connectivity index is 2.43. The van der Waals surface area contributed by atoms with Gasteiger partial charge in [-0.15, -0.1) is 0 Å². The van der Waals surface area contributed by atoms with Crippen molar-refractivity contribution in [2.75, 3.05) is 0 Å². The average molecular weight is 213 g/mol. The van der Waals surface area contributed by atoms with E-state index in [-0.39, 0.29) is 30.0 Å². The smallest absolute Gasteiger partial charge is 0.306 e. The first-order valence-corrected chi connectivity index (χ1v) is 5.45. The Morgan fingerprint density at radius 3 is 2.67 bits per heavy atom. The van der Waals surface area contributed by atoms with Crippen LogP contribution in [0.4, 0.5) is 0 Å². The molecule has 1 heterocycles. The van der Waals surface area contributed by atoms with Crippen LogP contribution < -0.4 is 5.73 Å². The predicted octanol–water partition coefficient (Wildman–Crippen LogP) is 0.880. The van der Waals surface area contributed by atoms with Crippen LogP contribution in [-0.2, 0) is 14.3 Å². The summed E-state index contributed by atoms with van der Waals surface area (Å²) in [5.74, 6) is 0.0626. The zero-order chi connectivity index (χ0) is 11.4. The normalized spacial score (nSPS) is 25.1. The van der Waals surface area contributed by atoms with Crippen LogP contribution in [0.25, 0.3) is 0 Å². The van der Waals surface area contributed by atoms with Gasteiger partial charge in [0.15, 0.2) is 0 Å². The Bertz CT molecular complexity index is 240. The van der Waals surface area contributed by atoms with Crippen LogP contribution in [0.2, 0.25) is 0 Å². The van der Waals surface area contributed by atoms with Crippen LogP contribution in [0.15, 0.2) is 0 Å². The van der Waals surface area contributed by atoms with Gasteiger partial charge in [0.25, 0.3) is 0 Å². The van der Waals surface area contributed by atoms with Crippen LogP contribution in [0, 0.1) is 11.8 Å². The molecular formula is C11H19NO3. The van der Waals surface area contributed by atoms with E-state index >= 15 is 0 Å². The molecule has 4 heteroatoms. The monoisotopic (exact) mass is 213 g/mol. The molecule has 2 N–H and O–H groups in total. The molecule has 1 fully saturated rings. The molecule has 1 rings (SSSR count). The van der Waals surface area contributed by atoms with Crippen molar-refractivity contribution in [1.82, 2.24) is 0 Å². The second kappa shape index (κ2) is 5.26. The molecule has 4 nitrogen and oxygen atoms in total. The van der Waals surface area contributed by atoms with Gasteiger partial charge < -0.3 is 15.3 Å². The van der Waals surface area contributed by atoms with Crippen molar-refractivity contribution >= 4 is 12.3 Å². The van der Waals surface area contributed by atoms with Crippen LogP contribution in [0.3, 0.4) is 0 Å². The summed E-state index contributed by atoms with van der Waals surface area (Å²) in [5.41, 5.74) is 5.92. The number of hydrogen-bond donors (Lipinski definition) is 1. The summed E-state index contributed by atoms with van der Waals surface area (Å²) >= 11 is 0. The first-order chi connectivity index (χ1) is 7.04. The molecule has 0 aromatic carbocycles. The van der Waals surface area contributed by atoms with Gasteiger partial charge in [-0.1, -0.05) is 13.8 Å². The van der Waals surface area contributed by atoms with Crippen molar-refractivity contribution in [2.45, 2.75) is 45.3 Å². The number of ether oxygens (including phenoxy) is 1. The minimum atomic E-state index is -0.214. The molecule has 0 saturated carbocycles. The summed E-state index contributed by atoms with van der Waals surface area (Å²) in [5, 5.41) is 0.